The first-order valence-electron chi connectivity index (χ1n) is 9.28. The summed E-state index contributed by atoms with van der Waals surface area (Å²) in [6.07, 6.45) is 4.85. The number of fused-ring (bicyclic) bond motifs is 1. The Labute approximate surface area is 144 Å². The Balaban J connectivity index is 1.36. The van der Waals surface area contributed by atoms with Gasteiger partial charge in [-0.1, -0.05) is 12.1 Å². The number of likely N-dealkylation sites (tertiary alicyclic amines) is 2. The standard InChI is InChI=1S/C19H28N2O3/c22-13-15-6-9-21(10-7-15)17-4-2-8-20(12-17)11-16-3-1-5-18-19(16)24-14-23-18/h1,3,5,15,17,22H,2,4,6-14H2/t17-/m1/s1. The largest absolute Gasteiger partial charge is 0.454 e. The molecule has 1 aromatic rings. The second-order valence-electron chi connectivity index (χ2n) is 7.34. The fourth-order valence-corrected chi connectivity index (χ4v) is 4.33. The predicted molar refractivity (Wildman–Crippen MR) is 92.2 cm³/mol. The molecule has 132 valence electrons. The lowest BCUT2D eigenvalue weighted by Crippen LogP contribution is -2.50. The summed E-state index contributed by atoms with van der Waals surface area (Å²) in [7, 11) is 0. The minimum atomic E-state index is 0.342. The summed E-state index contributed by atoms with van der Waals surface area (Å²) in [4.78, 5) is 5.21. The first-order chi connectivity index (χ1) is 11.8. The third-order valence-corrected chi connectivity index (χ3v) is 5.78. The smallest absolute Gasteiger partial charge is 0.231 e. The minimum absolute atomic E-state index is 0.342. The van der Waals surface area contributed by atoms with Crippen LogP contribution in [0.3, 0.4) is 0 Å². The van der Waals surface area contributed by atoms with Gasteiger partial charge in [-0.3, -0.25) is 9.80 Å². The van der Waals surface area contributed by atoms with Gasteiger partial charge in [-0.2, -0.15) is 0 Å². The van der Waals surface area contributed by atoms with E-state index in [1.807, 2.05) is 6.07 Å². The fourth-order valence-electron chi connectivity index (χ4n) is 4.33. The number of nitrogens with zero attached hydrogens (tertiary/aromatic N) is 2. The van der Waals surface area contributed by atoms with Crippen LogP contribution in [0, 0.1) is 5.92 Å². The van der Waals surface area contributed by atoms with Crippen LogP contribution in [-0.2, 0) is 6.54 Å². The van der Waals surface area contributed by atoms with Crippen molar-refractivity contribution in [3.05, 3.63) is 23.8 Å². The second-order valence-corrected chi connectivity index (χ2v) is 7.34. The third-order valence-electron chi connectivity index (χ3n) is 5.78. The van der Waals surface area contributed by atoms with Crippen LogP contribution >= 0.6 is 0 Å². The quantitative estimate of drug-likeness (QED) is 0.915. The van der Waals surface area contributed by atoms with E-state index < -0.39 is 0 Å². The van der Waals surface area contributed by atoms with Gasteiger partial charge in [-0.25, -0.2) is 0 Å². The van der Waals surface area contributed by atoms with Crippen molar-refractivity contribution >= 4 is 0 Å². The van der Waals surface area contributed by atoms with Crippen LogP contribution in [0.15, 0.2) is 18.2 Å². The molecule has 0 aromatic heterocycles. The molecule has 0 amide bonds. The molecule has 0 spiro atoms. The molecule has 0 saturated carbocycles. The zero-order chi connectivity index (χ0) is 16.4. The molecule has 1 N–H and O–H groups in total. The Morgan fingerprint density at radius 3 is 2.79 bits per heavy atom. The number of hydrogen-bond donors (Lipinski definition) is 1. The Kier molecular flexibility index (Phi) is 4.92. The van der Waals surface area contributed by atoms with Crippen molar-refractivity contribution in [1.82, 2.24) is 9.80 Å². The van der Waals surface area contributed by atoms with Crippen molar-refractivity contribution in [3.8, 4) is 11.5 Å². The lowest BCUT2D eigenvalue weighted by atomic mass is 9.94. The molecule has 3 aliphatic rings. The van der Waals surface area contributed by atoms with Gasteiger partial charge in [-0.15, -0.1) is 0 Å². The van der Waals surface area contributed by atoms with Gasteiger partial charge in [0.15, 0.2) is 11.5 Å². The maximum Gasteiger partial charge on any atom is 0.231 e. The van der Waals surface area contributed by atoms with Crippen LogP contribution in [0.5, 0.6) is 11.5 Å². The van der Waals surface area contributed by atoms with Crippen molar-refractivity contribution in [2.45, 2.75) is 38.3 Å². The predicted octanol–water partition coefficient (Wildman–Crippen LogP) is 2.08. The number of rotatable bonds is 4. The summed E-state index contributed by atoms with van der Waals surface area (Å²) < 4.78 is 11.2. The van der Waals surface area contributed by atoms with Gasteiger partial charge in [0, 0.05) is 31.3 Å². The molecule has 3 aliphatic heterocycles. The van der Waals surface area contributed by atoms with Crippen LogP contribution in [0.2, 0.25) is 0 Å². The molecule has 0 aliphatic carbocycles. The number of hydrogen-bond acceptors (Lipinski definition) is 5. The van der Waals surface area contributed by atoms with Gasteiger partial charge >= 0.3 is 0 Å². The van der Waals surface area contributed by atoms with Crippen LogP contribution in [0.1, 0.15) is 31.2 Å². The molecule has 24 heavy (non-hydrogen) atoms. The Morgan fingerprint density at radius 2 is 1.96 bits per heavy atom. The molecule has 5 heteroatoms. The average molecular weight is 332 g/mol. The van der Waals surface area contributed by atoms with E-state index in [4.69, 9.17) is 9.47 Å². The Hall–Kier alpha value is -1.30. The van der Waals surface area contributed by atoms with Crippen LogP contribution < -0.4 is 9.47 Å². The van der Waals surface area contributed by atoms with Crippen LogP contribution in [0.4, 0.5) is 0 Å². The van der Waals surface area contributed by atoms with E-state index in [-0.39, 0.29) is 0 Å². The topological polar surface area (TPSA) is 45.2 Å². The van der Waals surface area contributed by atoms with E-state index in [2.05, 4.69) is 21.9 Å². The summed E-state index contributed by atoms with van der Waals surface area (Å²) in [6, 6.07) is 6.86. The first-order valence-corrected chi connectivity index (χ1v) is 9.28. The summed E-state index contributed by atoms with van der Waals surface area (Å²) in [6.45, 7) is 6.21. The number of para-hydroxylation sites is 1. The van der Waals surface area contributed by atoms with Gasteiger partial charge in [0.05, 0.1) is 0 Å². The van der Waals surface area contributed by atoms with E-state index in [9.17, 15) is 5.11 Å². The zero-order valence-electron chi connectivity index (χ0n) is 14.3. The number of benzene rings is 1. The van der Waals surface area contributed by atoms with Crippen molar-refractivity contribution in [3.63, 3.8) is 0 Å². The Morgan fingerprint density at radius 1 is 1.08 bits per heavy atom. The molecule has 0 unspecified atom stereocenters. The molecule has 1 atom stereocenters. The van der Waals surface area contributed by atoms with Gasteiger partial charge in [0.25, 0.3) is 0 Å². The highest BCUT2D eigenvalue weighted by Gasteiger charge is 2.29. The molecular weight excluding hydrogens is 304 g/mol. The lowest BCUT2D eigenvalue weighted by molar-refractivity contribution is 0.0541. The van der Waals surface area contributed by atoms with E-state index >= 15 is 0 Å². The lowest BCUT2D eigenvalue weighted by Gasteiger charge is -2.42. The number of aliphatic hydroxyl groups is 1. The van der Waals surface area contributed by atoms with Crippen molar-refractivity contribution in [2.24, 2.45) is 5.92 Å². The van der Waals surface area contributed by atoms with E-state index in [1.54, 1.807) is 0 Å². The van der Waals surface area contributed by atoms with Gasteiger partial charge < -0.3 is 14.6 Å². The normalized spacial score (nSPS) is 26.0. The summed E-state index contributed by atoms with van der Waals surface area (Å²) in [5.41, 5.74) is 1.24. The molecule has 0 bridgehead atoms. The third kappa shape index (κ3) is 3.39. The van der Waals surface area contributed by atoms with Crippen LogP contribution in [0.25, 0.3) is 0 Å². The summed E-state index contributed by atoms with van der Waals surface area (Å²) >= 11 is 0. The maximum atomic E-state index is 9.32. The number of aliphatic hydroxyl groups excluding tert-OH is 1. The number of piperidine rings is 2. The first kappa shape index (κ1) is 16.2. The number of ether oxygens (including phenoxy) is 2. The van der Waals surface area contributed by atoms with Crippen molar-refractivity contribution < 1.29 is 14.6 Å². The van der Waals surface area contributed by atoms with Crippen molar-refractivity contribution in [2.75, 3.05) is 39.6 Å². The van der Waals surface area contributed by atoms with E-state index in [0.29, 0.717) is 25.4 Å². The molecule has 2 fully saturated rings. The molecule has 4 rings (SSSR count). The monoisotopic (exact) mass is 332 g/mol. The van der Waals surface area contributed by atoms with Crippen molar-refractivity contribution in [1.29, 1.82) is 0 Å². The van der Waals surface area contributed by atoms with E-state index in [1.165, 1.54) is 18.4 Å². The van der Waals surface area contributed by atoms with Gasteiger partial charge in [-0.05, 0) is 57.3 Å². The molecule has 2 saturated heterocycles. The summed E-state index contributed by atoms with van der Waals surface area (Å²) in [5.74, 6) is 2.33. The fraction of sp³-hybridized carbons (Fsp3) is 0.684. The summed E-state index contributed by atoms with van der Waals surface area (Å²) in [5, 5.41) is 9.32. The molecule has 3 heterocycles. The highest BCUT2D eigenvalue weighted by molar-refractivity contribution is 5.48. The maximum absolute atomic E-state index is 9.32. The SMILES string of the molecule is OCC1CCN([C@@H]2CCCN(Cc3cccc4c3OCO4)C2)CC1. The molecular formula is C19H28N2O3. The minimum Gasteiger partial charge on any atom is -0.454 e. The highest BCUT2D eigenvalue weighted by Crippen LogP contribution is 2.36. The van der Waals surface area contributed by atoms with Gasteiger partial charge in [0.1, 0.15) is 0 Å². The van der Waals surface area contributed by atoms with E-state index in [0.717, 1.165) is 57.1 Å². The zero-order valence-corrected chi connectivity index (χ0v) is 14.3. The Bertz CT molecular complexity index is 558. The second kappa shape index (κ2) is 7.30. The highest BCUT2D eigenvalue weighted by atomic mass is 16.7. The molecule has 5 nitrogen and oxygen atoms in total. The molecule has 1 aromatic carbocycles. The van der Waals surface area contributed by atoms with Crippen LogP contribution in [-0.4, -0.2) is 60.5 Å². The average Bonchev–Trinajstić information content (AvgIpc) is 3.12. The molecule has 0 radical (unpaired) electrons. The van der Waals surface area contributed by atoms with Gasteiger partial charge in [0.2, 0.25) is 6.79 Å².